The Balaban J connectivity index is 2.19. The third kappa shape index (κ3) is 1.83. The molecule has 0 saturated heterocycles. The number of halogens is 1. The van der Waals surface area contributed by atoms with Crippen molar-refractivity contribution in [1.29, 1.82) is 0 Å². The molecule has 20 heavy (non-hydrogen) atoms. The fraction of sp³-hybridized carbons (Fsp3) is 0.308. The molecule has 0 aliphatic carbocycles. The molecule has 106 valence electrons. The second kappa shape index (κ2) is 4.23. The van der Waals surface area contributed by atoms with Crippen molar-refractivity contribution < 1.29 is 8.42 Å². The average molecular weight is 312 g/mol. The molecule has 3 rings (SSSR count). The minimum atomic E-state index is -3.62. The molecule has 0 saturated carbocycles. The van der Waals surface area contributed by atoms with Crippen LogP contribution in [-0.2, 0) is 15.4 Å². The van der Waals surface area contributed by atoms with Gasteiger partial charge in [-0.2, -0.15) is 5.10 Å². The van der Waals surface area contributed by atoms with Gasteiger partial charge in [-0.1, -0.05) is 31.5 Å². The van der Waals surface area contributed by atoms with Gasteiger partial charge in [-0.15, -0.1) is 0 Å². The van der Waals surface area contributed by atoms with Crippen LogP contribution in [0.5, 0.6) is 0 Å². The molecule has 1 N–H and O–H groups in total. The maximum atomic E-state index is 12.7. The SMILES string of the molecule is CC1(C)CN(S(=O)(=O)c2cn[nH]c2)c2cccc(Cl)c21. The molecule has 2 heterocycles. The molecular weight excluding hydrogens is 298 g/mol. The van der Waals surface area contributed by atoms with Crippen molar-refractivity contribution in [3.8, 4) is 0 Å². The molecule has 5 nitrogen and oxygen atoms in total. The predicted octanol–water partition coefficient (Wildman–Crippen LogP) is 2.55. The number of sulfonamides is 1. The highest BCUT2D eigenvalue weighted by molar-refractivity contribution is 7.92. The molecule has 0 unspecified atom stereocenters. The lowest BCUT2D eigenvalue weighted by atomic mass is 9.87. The van der Waals surface area contributed by atoms with E-state index in [2.05, 4.69) is 10.2 Å². The van der Waals surface area contributed by atoms with Gasteiger partial charge in [0.05, 0.1) is 11.9 Å². The van der Waals surface area contributed by atoms with Crippen LogP contribution < -0.4 is 4.31 Å². The molecule has 1 aliphatic rings. The summed E-state index contributed by atoms with van der Waals surface area (Å²) < 4.78 is 26.8. The first kappa shape index (κ1) is 13.5. The molecule has 1 aromatic carbocycles. The first-order valence-electron chi connectivity index (χ1n) is 6.14. The van der Waals surface area contributed by atoms with Gasteiger partial charge in [0, 0.05) is 28.7 Å². The summed E-state index contributed by atoms with van der Waals surface area (Å²) in [5.41, 5.74) is 1.18. The van der Waals surface area contributed by atoms with E-state index in [0.29, 0.717) is 17.3 Å². The Morgan fingerprint density at radius 1 is 1.40 bits per heavy atom. The number of aromatic nitrogens is 2. The van der Waals surface area contributed by atoms with Gasteiger partial charge in [-0.05, 0) is 12.1 Å². The van der Waals surface area contributed by atoms with E-state index in [1.807, 2.05) is 13.8 Å². The van der Waals surface area contributed by atoms with Gasteiger partial charge >= 0.3 is 0 Å². The van der Waals surface area contributed by atoms with Crippen LogP contribution >= 0.6 is 11.6 Å². The zero-order chi connectivity index (χ0) is 14.5. The second-order valence-corrected chi connectivity index (χ2v) is 7.73. The summed E-state index contributed by atoms with van der Waals surface area (Å²) in [7, 11) is -3.62. The number of nitrogens with one attached hydrogen (secondary N) is 1. The lowest BCUT2D eigenvalue weighted by Gasteiger charge is -2.21. The number of rotatable bonds is 2. The Labute approximate surface area is 122 Å². The normalized spacial score (nSPS) is 17.2. The number of H-pyrrole nitrogens is 1. The highest BCUT2D eigenvalue weighted by Gasteiger charge is 2.42. The van der Waals surface area contributed by atoms with Crippen molar-refractivity contribution in [3.63, 3.8) is 0 Å². The number of nitrogens with zero attached hydrogens (tertiary/aromatic N) is 2. The van der Waals surface area contributed by atoms with E-state index in [1.165, 1.54) is 16.7 Å². The van der Waals surface area contributed by atoms with E-state index in [1.54, 1.807) is 18.2 Å². The van der Waals surface area contributed by atoms with Crippen LogP contribution in [0.3, 0.4) is 0 Å². The van der Waals surface area contributed by atoms with Crippen molar-refractivity contribution in [1.82, 2.24) is 10.2 Å². The lowest BCUT2D eigenvalue weighted by molar-refractivity contribution is 0.555. The van der Waals surface area contributed by atoms with Crippen molar-refractivity contribution >= 4 is 27.3 Å². The van der Waals surface area contributed by atoms with Gasteiger partial charge < -0.3 is 0 Å². The van der Waals surface area contributed by atoms with E-state index < -0.39 is 10.0 Å². The molecule has 0 spiro atoms. The zero-order valence-electron chi connectivity index (χ0n) is 11.1. The van der Waals surface area contributed by atoms with Crippen LogP contribution in [0.2, 0.25) is 5.02 Å². The minimum Gasteiger partial charge on any atom is -0.284 e. The Morgan fingerprint density at radius 2 is 2.15 bits per heavy atom. The number of hydrogen-bond donors (Lipinski definition) is 1. The van der Waals surface area contributed by atoms with Crippen molar-refractivity contribution in [2.75, 3.05) is 10.8 Å². The monoisotopic (exact) mass is 311 g/mol. The maximum absolute atomic E-state index is 12.7. The van der Waals surface area contributed by atoms with Crippen LogP contribution in [-0.4, -0.2) is 25.2 Å². The molecule has 2 aromatic rings. The number of benzene rings is 1. The summed E-state index contributed by atoms with van der Waals surface area (Å²) in [5.74, 6) is 0. The Bertz CT molecular complexity index is 754. The summed E-state index contributed by atoms with van der Waals surface area (Å²) >= 11 is 6.25. The van der Waals surface area contributed by atoms with Crippen LogP contribution in [0.25, 0.3) is 0 Å². The molecule has 0 amide bonds. The van der Waals surface area contributed by atoms with Gasteiger partial charge in [0.25, 0.3) is 10.0 Å². The van der Waals surface area contributed by atoms with Crippen LogP contribution in [0.4, 0.5) is 5.69 Å². The van der Waals surface area contributed by atoms with Gasteiger partial charge in [-0.3, -0.25) is 9.40 Å². The van der Waals surface area contributed by atoms with Gasteiger partial charge in [0.15, 0.2) is 0 Å². The maximum Gasteiger partial charge on any atom is 0.267 e. The number of fused-ring (bicyclic) bond motifs is 1. The zero-order valence-corrected chi connectivity index (χ0v) is 12.7. The summed E-state index contributed by atoms with van der Waals surface area (Å²) in [5, 5.41) is 6.84. The first-order valence-corrected chi connectivity index (χ1v) is 7.96. The molecule has 1 aromatic heterocycles. The third-order valence-corrected chi connectivity index (χ3v) is 5.58. The lowest BCUT2D eigenvalue weighted by Crippen LogP contribution is -2.33. The van der Waals surface area contributed by atoms with E-state index >= 15 is 0 Å². The molecule has 0 radical (unpaired) electrons. The van der Waals surface area contributed by atoms with E-state index in [9.17, 15) is 8.42 Å². The fourth-order valence-corrected chi connectivity index (χ4v) is 4.61. The average Bonchev–Trinajstić information content (AvgIpc) is 2.97. The van der Waals surface area contributed by atoms with E-state index in [0.717, 1.165) is 5.56 Å². The molecule has 0 atom stereocenters. The Hall–Kier alpha value is -1.53. The highest BCUT2D eigenvalue weighted by Crippen LogP contribution is 2.46. The first-order chi connectivity index (χ1) is 9.34. The quantitative estimate of drug-likeness (QED) is 0.927. The molecule has 1 aliphatic heterocycles. The molecule has 7 heteroatoms. The van der Waals surface area contributed by atoms with Crippen molar-refractivity contribution in [2.24, 2.45) is 0 Å². The summed E-state index contributed by atoms with van der Waals surface area (Å²) in [4.78, 5) is 0.154. The van der Waals surface area contributed by atoms with Gasteiger partial charge in [0.2, 0.25) is 0 Å². The van der Waals surface area contributed by atoms with E-state index in [4.69, 9.17) is 11.6 Å². The fourth-order valence-electron chi connectivity index (χ4n) is 2.64. The van der Waals surface area contributed by atoms with Gasteiger partial charge in [-0.25, -0.2) is 8.42 Å². The van der Waals surface area contributed by atoms with Crippen molar-refractivity contribution in [2.45, 2.75) is 24.2 Å². The number of anilines is 1. The smallest absolute Gasteiger partial charge is 0.267 e. The number of hydrogen-bond acceptors (Lipinski definition) is 3. The topological polar surface area (TPSA) is 66.1 Å². The van der Waals surface area contributed by atoms with Gasteiger partial charge in [0.1, 0.15) is 4.90 Å². The summed E-state index contributed by atoms with van der Waals surface area (Å²) in [6.07, 6.45) is 2.69. The molecule has 0 fully saturated rings. The van der Waals surface area contributed by atoms with Crippen LogP contribution in [0.15, 0.2) is 35.5 Å². The minimum absolute atomic E-state index is 0.154. The standard InChI is InChI=1S/C13H14ClN3O2S/c1-13(2)8-17(11-5-3-4-10(14)12(11)13)20(18,19)9-6-15-16-7-9/h3-7H,8H2,1-2H3,(H,15,16). The highest BCUT2D eigenvalue weighted by atomic mass is 35.5. The molecular formula is C13H14ClN3O2S. The largest absolute Gasteiger partial charge is 0.284 e. The number of aromatic amines is 1. The van der Waals surface area contributed by atoms with Crippen molar-refractivity contribution in [3.05, 3.63) is 41.2 Å². The van der Waals surface area contributed by atoms with Crippen LogP contribution in [0.1, 0.15) is 19.4 Å². The Kier molecular flexibility index (Phi) is 2.85. The molecule has 0 bridgehead atoms. The summed E-state index contributed by atoms with van der Waals surface area (Å²) in [6, 6.07) is 5.34. The third-order valence-electron chi connectivity index (χ3n) is 3.54. The van der Waals surface area contributed by atoms with E-state index in [-0.39, 0.29) is 10.3 Å². The second-order valence-electron chi connectivity index (χ2n) is 5.46. The summed E-state index contributed by atoms with van der Waals surface area (Å²) in [6.45, 7) is 4.34. The predicted molar refractivity (Wildman–Crippen MR) is 77.6 cm³/mol. The van der Waals surface area contributed by atoms with Crippen LogP contribution in [0, 0.1) is 0 Å². The Morgan fingerprint density at radius 3 is 2.80 bits per heavy atom.